The standard InChI is InChI=1S/C11H13ClFNO5S2/c12-9-5-8(7-15)11(13)10(6-9)21(18,19)14-1-3-20(16,17)4-2-14/h5-6,15H,1-4,7H2. The van der Waals surface area contributed by atoms with Crippen LogP contribution in [-0.2, 0) is 26.5 Å². The Kier molecular flexibility index (Phi) is 4.60. The van der Waals surface area contributed by atoms with Gasteiger partial charge in [0.1, 0.15) is 10.7 Å². The van der Waals surface area contributed by atoms with E-state index in [0.717, 1.165) is 16.4 Å². The number of aliphatic hydroxyl groups is 1. The van der Waals surface area contributed by atoms with Crippen LogP contribution in [0.3, 0.4) is 0 Å². The maximum Gasteiger partial charge on any atom is 0.246 e. The molecule has 6 nitrogen and oxygen atoms in total. The Morgan fingerprint density at radius 3 is 2.38 bits per heavy atom. The van der Waals surface area contributed by atoms with Crippen molar-refractivity contribution in [3.63, 3.8) is 0 Å². The van der Waals surface area contributed by atoms with Gasteiger partial charge in [0.2, 0.25) is 10.0 Å². The number of hydrogen-bond donors (Lipinski definition) is 1. The SMILES string of the molecule is O=S1(=O)CCN(S(=O)(=O)c2cc(Cl)cc(CO)c2F)CC1. The van der Waals surface area contributed by atoms with E-state index >= 15 is 0 Å². The van der Waals surface area contributed by atoms with Gasteiger partial charge in [-0.25, -0.2) is 21.2 Å². The zero-order valence-electron chi connectivity index (χ0n) is 10.8. The number of sulfone groups is 1. The van der Waals surface area contributed by atoms with Gasteiger partial charge in [-0.1, -0.05) is 11.6 Å². The molecule has 0 atom stereocenters. The minimum atomic E-state index is -4.20. The fourth-order valence-corrected chi connectivity index (χ4v) is 5.31. The highest BCUT2D eigenvalue weighted by Crippen LogP contribution is 2.27. The molecule has 1 aliphatic rings. The first kappa shape index (κ1) is 16.6. The first-order valence-corrected chi connectivity index (χ1v) is 9.61. The molecule has 0 unspecified atom stereocenters. The molecular weight excluding hydrogens is 345 g/mol. The van der Waals surface area contributed by atoms with Crippen molar-refractivity contribution in [2.24, 2.45) is 0 Å². The van der Waals surface area contributed by atoms with Crippen LogP contribution in [0.5, 0.6) is 0 Å². The first-order chi connectivity index (χ1) is 9.67. The molecule has 0 spiro atoms. The molecule has 0 saturated carbocycles. The zero-order valence-corrected chi connectivity index (χ0v) is 13.2. The van der Waals surface area contributed by atoms with E-state index in [2.05, 4.69) is 0 Å². The van der Waals surface area contributed by atoms with Gasteiger partial charge in [-0.3, -0.25) is 0 Å². The Labute approximate surface area is 127 Å². The summed E-state index contributed by atoms with van der Waals surface area (Å²) in [5.41, 5.74) is -0.231. The molecule has 1 N–H and O–H groups in total. The summed E-state index contributed by atoms with van der Waals surface area (Å²) in [6.07, 6.45) is 0. The maximum absolute atomic E-state index is 14.1. The van der Waals surface area contributed by atoms with Crippen molar-refractivity contribution < 1.29 is 26.3 Å². The zero-order chi connectivity index (χ0) is 15.8. The van der Waals surface area contributed by atoms with E-state index in [1.165, 1.54) is 0 Å². The van der Waals surface area contributed by atoms with Crippen molar-refractivity contribution in [1.29, 1.82) is 0 Å². The Morgan fingerprint density at radius 1 is 1.29 bits per heavy atom. The molecule has 0 bridgehead atoms. The number of halogens is 2. The first-order valence-electron chi connectivity index (χ1n) is 5.97. The second kappa shape index (κ2) is 5.81. The van der Waals surface area contributed by atoms with E-state index in [4.69, 9.17) is 16.7 Å². The summed E-state index contributed by atoms with van der Waals surface area (Å²) in [5.74, 6) is -1.68. The van der Waals surface area contributed by atoms with Crippen LogP contribution in [0.4, 0.5) is 4.39 Å². The Balaban J connectivity index is 2.43. The van der Waals surface area contributed by atoms with E-state index < -0.39 is 37.2 Å². The monoisotopic (exact) mass is 357 g/mol. The van der Waals surface area contributed by atoms with Crippen LogP contribution in [0.15, 0.2) is 17.0 Å². The Morgan fingerprint density at radius 2 is 1.86 bits per heavy atom. The normalized spacial score (nSPS) is 19.6. The number of hydrogen-bond acceptors (Lipinski definition) is 5. The average Bonchev–Trinajstić information content (AvgIpc) is 2.40. The van der Waals surface area contributed by atoms with Gasteiger partial charge in [0.25, 0.3) is 0 Å². The maximum atomic E-state index is 14.1. The van der Waals surface area contributed by atoms with E-state index in [1.54, 1.807) is 0 Å². The number of aliphatic hydroxyl groups excluding tert-OH is 1. The third kappa shape index (κ3) is 3.37. The molecule has 0 aliphatic carbocycles. The molecule has 118 valence electrons. The number of benzene rings is 1. The third-order valence-electron chi connectivity index (χ3n) is 3.17. The van der Waals surface area contributed by atoms with Gasteiger partial charge in [-0.15, -0.1) is 0 Å². The number of sulfonamides is 1. The largest absolute Gasteiger partial charge is 0.392 e. The highest BCUT2D eigenvalue weighted by Gasteiger charge is 2.33. The fourth-order valence-electron chi connectivity index (χ4n) is 2.00. The van der Waals surface area contributed by atoms with Gasteiger partial charge in [0, 0.05) is 23.7 Å². The van der Waals surface area contributed by atoms with Gasteiger partial charge in [0.15, 0.2) is 9.84 Å². The smallest absolute Gasteiger partial charge is 0.246 e. The van der Waals surface area contributed by atoms with E-state index in [1.807, 2.05) is 0 Å². The minimum absolute atomic E-state index is 0.0244. The van der Waals surface area contributed by atoms with Gasteiger partial charge in [-0.05, 0) is 12.1 Å². The van der Waals surface area contributed by atoms with Crippen molar-refractivity contribution in [1.82, 2.24) is 4.31 Å². The molecule has 21 heavy (non-hydrogen) atoms. The predicted octanol–water partition coefficient (Wildman–Crippen LogP) is 0.391. The summed E-state index contributed by atoms with van der Waals surface area (Å²) in [6, 6.07) is 2.09. The summed E-state index contributed by atoms with van der Waals surface area (Å²) in [6.45, 7) is -1.15. The molecule has 1 aromatic carbocycles. The molecule has 10 heteroatoms. The fraction of sp³-hybridized carbons (Fsp3) is 0.455. The second-order valence-corrected chi connectivity index (χ2v) is 9.24. The summed E-state index contributed by atoms with van der Waals surface area (Å²) in [5, 5.41) is 9.00. The molecular formula is C11H13ClFNO5S2. The molecule has 0 radical (unpaired) electrons. The van der Waals surface area contributed by atoms with Crippen LogP contribution in [0.25, 0.3) is 0 Å². The molecule has 1 aromatic rings. The van der Waals surface area contributed by atoms with E-state index in [0.29, 0.717) is 0 Å². The van der Waals surface area contributed by atoms with Crippen LogP contribution >= 0.6 is 11.6 Å². The lowest BCUT2D eigenvalue weighted by molar-refractivity contribution is 0.274. The lowest BCUT2D eigenvalue weighted by Gasteiger charge is -2.26. The Bertz CT molecular complexity index is 749. The minimum Gasteiger partial charge on any atom is -0.392 e. The second-order valence-electron chi connectivity index (χ2n) is 4.59. The Hall–Kier alpha value is -0.740. The van der Waals surface area contributed by atoms with Crippen LogP contribution in [0, 0.1) is 5.82 Å². The van der Waals surface area contributed by atoms with Gasteiger partial charge in [0.05, 0.1) is 18.1 Å². The van der Waals surface area contributed by atoms with Crippen LogP contribution in [-0.4, -0.2) is 50.8 Å². The molecule has 2 rings (SSSR count). The van der Waals surface area contributed by atoms with Crippen LogP contribution < -0.4 is 0 Å². The topological polar surface area (TPSA) is 91.8 Å². The lowest BCUT2D eigenvalue weighted by Crippen LogP contribution is -2.43. The van der Waals surface area contributed by atoms with E-state index in [9.17, 15) is 21.2 Å². The quantitative estimate of drug-likeness (QED) is 0.845. The molecule has 1 saturated heterocycles. The lowest BCUT2D eigenvalue weighted by atomic mass is 10.2. The number of nitrogens with zero attached hydrogens (tertiary/aromatic N) is 1. The highest BCUT2D eigenvalue weighted by atomic mass is 35.5. The molecule has 1 heterocycles. The summed E-state index contributed by atoms with van der Waals surface area (Å²) < 4.78 is 62.5. The van der Waals surface area contributed by atoms with Crippen molar-refractivity contribution in [3.05, 3.63) is 28.5 Å². The van der Waals surface area contributed by atoms with Crippen molar-refractivity contribution in [3.8, 4) is 0 Å². The number of rotatable bonds is 3. The van der Waals surface area contributed by atoms with Crippen molar-refractivity contribution in [2.75, 3.05) is 24.6 Å². The highest BCUT2D eigenvalue weighted by molar-refractivity contribution is 7.92. The summed E-state index contributed by atoms with van der Waals surface area (Å²) in [4.78, 5) is -0.654. The summed E-state index contributed by atoms with van der Waals surface area (Å²) in [7, 11) is -7.45. The third-order valence-corrected chi connectivity index (χ3v) is 6.90. The summed E-state index contributed by atoms with van der Waals surface area (Å²) >= 11 is 5.73. The molecule has 1 fully saturated rings. The van der Waals surface area contributed by atoms with Gasteiger partial charge >= 0.3 is 0 Å². The van der Waals surface area contributed by atoms with Gasteiger partial charge in [-0.2, -0.15) is 4.31 Å². The van der Waals surface area contributed by atoms with Crippen molar-refractivity contribution >= 4 is 31.5 Å². The predicted molar refractivity (Wildman–Crippen MR) is 74.7 cm³/mol. The average molecular weight is 358 g/mol. The molecule has 0 aromatic heterocycles. The van der Waals surface area contributed by atoms with E-state index in [-0.39, 0.29) is 35.2 Å². The van der Waals surface area contributed by atoms with Crippen LogP contribution in [0.2, 0.25) is 5.02 Å². The van der Waals surface area contributed by atoms with Crippen molar-refractivity contribution in [2.45, 2.75) is 11.5 Å². The molecule has 0 amide bonds. The van der Waals surface area contributed by atoms with Crippen LogP contribution in [0.1, 0.15) is 5.56 Å². The van der Waals surface area contributed by atoms with Gasteiger partial charge < -0.3 is 5.11 Å². The molecule has 1 aliphatic heterocycles.